The van der Waals surface area contributed by atoms with Crippen molar-refractivity contribution in [3.8, 4) is 94.7 Å². The largest absolute Gasteiger partial charge is 0.456 e. The monoisotopic (exact) mass is 337 g/mol. The third kappa shape index (κ3) is 18.0. The maximum absolute atomic E-state index is 11.2. The normalized spacial score (nSPS) is 6.08. The highest BCUT2D eigenvalue weighted by atomic mass is 16.5. The molecule has 0 fully saturated rings. The molecule has 0 saturated carbocycles. The summed E-state index contributed by atoms with van der Waals surface area (Å²) < 4.78 is 4.90. The molecule has 0 atom stereocenters. The second-order valence-electron chi connectivity index (χ2n) is 4.07. The highest BCUT2D eigenvalue weighted by molar-refractivity contribution is 5.89. The summed E-state index contributed by atoms with van der Waals surface area (Å²) in [6.45, 7) is 2.93. The van der Waals surface area contributed by atoms with Crippen LogP contribution in [0.5, 0.6) is 0 Å². The molecule has 0 aliphatic carbocycles. The molecule has 0 spiro atoms. The van der Waals surface area contributed by atoms with E-state index in [0.29, 0.717) is 6.61 Å². The van der Waals surface area contributed by atoms with Crippen molar-refractivity contribution in [1.29, 1.82) is 0 Å². The van der Waals surface area contributed by atoms with Crippen molar-refractivity contribution in [3.63, 3.8) is 0 Å². The molecule has 0 aromatic heterocycles. The number of ether oxygens (including phenoxy) is 1. The Morgan fingerprint density at radius 1 is 0.731 bits per heavy atom. The Bertz CT molecular complexity index is 972. The summed E-state index contributed by atoms with van der Waals surface area (Å²) in [7, 11) is 1.87. The fourth-order valence-corrected chi connectivity index (χ4v) is 1.12. The summed E-state index contributed by atoms with van der Waals surface area (Å²) in [5.41, 5.74) is 0. The molecule has 0 aromatic rings. The van der Waals surface area contributed by atoms with Crippen LogP contribution in [-0.4, -0.2) is 26.2 Å². The van der Waals surface area contributed by atoms with Gasteiger partial charge in [-0.05, 0) is 116 Å². The molecule has 0 aliphatic rings. The summed E-state index contributed by atoms with van der Waals surface area (Å²) in [4.78, 5) is 11.2. The van der Waals surface area contributed by atoms with E-state index < -0.39 is 5.97 Å². The number of hydrogen-bond acceptors (Lipinski definition) is 3. The summed E-state index contributed by atoms with van der Waals surface area (Å²) in [5, 5.41) is 3.01. The Morgan fingerprint density at radius 2 is 1.19 bits per heavy atom. The highest BCUT2D eigenvalue weighted by Gasteiger charge is 1.95. The van der Waals surface area contributed by atoms with Gasteiger partial charge in [-0.2, -0.15) is 0 Å². The van der Waals surface area contributed by atoms with Crippen LogP contribution in [0.25, 0.3) is 0 Å². The molecule has 0 unspecified atom stereocenters. The van der Waals surface area contributed by atoms with Gasteiger partial charge in [0.2, 0.25) is 0 Å². The maximum Gasteiger partial charge on any atom is 0.385 e. The highest BCUT2D eigenvalue weighted by Crippen LogP contribution is 1.88. The van der Waals surface area contributed by atoms with E-state index in [1.807, 2.05) is 7.05 Å². The van der Waals surface area contributed by atoms with E-state index in [4.69, 9.17) is 4.74 Å². The minimum Gasteiger partial charge on any atom is -0.456 e. The zero-order chi connectivity index (χ0) is 19.1. The van der Waals surface area contributed by atoms with Crippen LogP contribution in [0.3, 0.4) is 0 Å². The lowest BCUT2D eigenvalue weighted by atomic mass is 10.3. The Balaban J connectivity index is 4.18. The Labute approximate surface area is 156 Å². The van der Waals surface area contributed by atoms with E-state index in [-0.39, 0.29) is 0 Å². The molecule has 26 heavy (non-hydrogen) atoms. The van der Waals surface area contributed by atoms with Crippen LogP contribution < -0.4 is 5.32 Å². The van der Waals surface area contributed by atoms with Gasteiger partial charge in [-0.1, -0.05) is 5.92 Å². The fourth-order valence-electron chi connectivity index (χ4n) is 1.12. The van der Waals surface area contributed by atoms with Crippen molar-refractivity contribution in [2.24, 2.45) is 0 Å². The predicted octanol–water partition coefficient (Wildman–Crippen LogP) is 0.576. The molecule has 0 amide bonds. The van der Waals surface area contributed by atoms with Crippen molar-refractivity contribution in [1.82, 2.24) is 5.32 Å². The molecular formula is C23H15NO2. The van der Waals surface area contributed by atoms with Gasteiger partial charge in [-0.15, -0.1) is 0 Å². The van der Waals surface area contributed by atoms with E-state index in [1.54, 1.807) is 6.92 Å². The van der Waals surface area contributed by atoms with Gasteiger partial charge in [0.05, 0.1) is 6.61 Å². The number of rotatable bonds is 5. The van der Waals surface area contributed by atoms with E-state index in [1.165, 1.54) is 0 Å². The first-order chi connectivity index (χ1) is 12.8. The van der Waals surface area contributed by atoms with Crippen molar-refractivity contribution in [2.45, 2.75) is 19.8 Å². The molecule has 3 heteroatoms. The Hall–Kier alpha value is -4.09. The van der Waals surface area contributed by atoms with Gasteiger partial charge in [-0.3, -0.25) is 0 Å². The van der Waals surface area contributed by atoms with E-state index in [9.17, 15) is 4.79 Å². The van der Waals surface area contributed by atoms with Gasteiger partial charge in [0.25, 0.3) is 0 Å². The Morgan fingerprint density at radius 3 is 1.65 bits per heavy atom. The smallest absolute Gasteiger partial charge is 0.385 e. The number of hydrogen-bond donors (Lipinski definition) is 1. The van der Waals surface area contributed by atoms with Gasteiger partial charge in [0, 0.05) is 5.92 Å². The molecule has 124 valence electrons. The van der Waals surface area contributed by atoms with E-state index in [2.05, 4.69) is 100 Å². The van der Waals surface area contributed by atoms with Crippen LogP contribution in [-0.2, 0) is 9.53 Å². The topological polar surface area (TPSA) is 38.3 Å². The van der Waals surface area contributed by atoms with Crippen LogP contribution in [0.15, 0.2) is 0 Å². The van der Waals surface area contributed by atoms with Crippen LogP contribution in [0, 0.1) is 94.7 Å². The predicted molar refractivity (Wildman–Crippen MR) is 102 cm³/mol. The average molecular weight is 337 g/mol. The fraction of sp³-hybridized carbons (Fsp3) is 0.261. The first kappa shape index (κ1) is 21.9. The molecule has 0 rings (SSSR count). The van der Waals surface area contributed by atoms with Gasteiger partial charge in [-0.25, -0.2) is 4.79 Å². The molecule has 0 radical (unpaired) electrons. The summed E-state index contributed by atoms with van der Waals surface area (Å²) >= 11 is 0. The third-order valence-electron chi connectivity index (χ3n) is 2.16. The van der Waals surface area contributed by atoms with E-state index >= 15 is 0 Å². The summed E-state index contributed by atoms with van der Waals surface area (Å²) in [5.74, 6) is 39.0. The average Bonchev–Trinajstić information content (AvgIpc) is 2.64. The lowest BCUT2D eigenvalue weighted by molar-refractivity contribution is -0.136. The molecular weight excluding hydrogens is 322 g/mol. The van der Waals surface area contributed by atoms with Crippen molar-refractivity contribution >= 4 is 5.97 Å². The van der Waals surface area contributed by atoms with Gasteiger partial charge in [0.15, 0.2) is 0 Å². The van der Waals surface area contributed by atoms with Gasteiger partial charge >= 0.3 is 5.97 Å². The summed E-state index contributed by atoms with van der Waals surface area (Å²) in [6, 6.07) is 0. The number of carbonyl (C=O) groups excluding carboxylic acids is 1. The van der Waals surface area contributed by atoms with Crippen molar-refractivity contribution in [3.05, 3.63) is 0 Å². The minimum absolute atomic E-state index is 0.350. The minimum atomic E-state index is -0.598. The molecule has 0 bridgehead atoms. The van der Waals surface area contributed by atoms with Crippen LogP contribution >= 0.6 is 0 Å². The van der Waals surface area contributed by atoms with Gasteiger partial charge in [0.1, 0.15) is 0 Å². The van der Waals surface area contributed by atoms with E-state index in [0.717, 1.165) is 19.4 Å². The molecule has 0 heterocycles. The number of nitrogens with one attached hydrogen (secondary N) is 1. The first-order valence-electron chi connectivity index (χ1n) is 7.55. The lowest BCUT2D eigenvalue weighted by Crippen LogP contribution is -2.09. The quantitative estimate of drug-likeness (QED) is 0.345. The lowest BCUT2D eigenvalue weighted by Gasteiger charge is -1.99. The Kier molecular flexibility index (Phi) is 16.0. The molecule has 0 aliphatic heterocycles. The zero-order valence-electron chi connectivity index (χ0n) is 14.6. The first-order valence-corrected chi connectivity index (χ1v) is 7.55. The standard InChI is InChI=1S/C23H15NO2/c1-3-4-5-6-7-8-9-10-11-12-13-14-15-16-17-20-23(25)26-22-19-18-21-24-2/h24H,18-19,21-22H2,1-2H3. The summed E-state index contributed by atoms with van der Waals surface area (Å²) in [6.07, 6.45) is 1.73. The number of unbranched alkanes of at least 4 members (excludes halogenated alkanes) is 1. The molecule has 0 saturated heterocycles. The van der Waals surface area contributed by atoms with Gasteiger partial charge < -0.3 is 10.1 Å². The van der Waals surface area contributed by atoms with Crippen LogP contribution in [0.1, 0.15) is 19.8 Å². The maximum atomic E-state index is 11.2. The second-order valence-corrected chi connectivity index (χ2v) is 4.07. The molecule has 1 N–H and O–H groups in total. The zero-order valence-corrected chi connectivity index (χ0v) is 14.6. The van der Waals surface area contributed by atoms with Crippen LogP contribution in [0.4, 0.5) is 0 Å². The number of esters is 1. The van der Waals surface area contributed by atoms with Crippen molar-refractivity contribution < 1.29 is 9.53 Å². The second kappa shape index (κ2) is 19.0. The molecule has 0 aromatic carbocycles. The SMILES string of the molecule is CC#CC#CC#CC#CC#CC#CC#CC#CC(=O)OCCCCNC. The molecule has 3 nitrogen and oxygen atoms in total. The van der Waals surface area contributed by atoms with Crippen molar-refractivity contribution in [2.75, 3.05) is 20.2 Å². The van der Waals surface area contributed by atoms with Crippen LogP contribution in [0.2, 0.25) is 0 Å². The third-order valence-corrected chi connectivity index (χ3v) is 2.16. The number of carbonyl (C=O) groups is 1.